The summed E-state index contributed by atoms with van der Waals surface area (Å²) in [7, 11) is -3.93. The minimum absolute atomic E-state index is 0.0138. The minimum Gasteiger partial charge on any atom is -0.343 e. The van der Waals surface area contributed by atoms with Gasteiger partial charge in [-0.05, 0) is 62.0 Å². The SMILES string of the molecule is C=C[C@@H]1C[C@]1(CC(=O)[C@@H]1C[C@@H](NC(=O)n2c3ccccc3c3ccccc32)CN1C(=O)[C@@H](CC(=O)N1CCC(C(F)(F)F)CC1)C(C)(C)C)C(=O)NS(=O)(=O)C1CC1. The van der Waals surface area contributed by atoms with Crippen molar-refractivity contribution in [2.24, 2.45) is 28.6 Å². The maximum atomic E-state index is 14.8. The van der Waals surface area contributed by atoms with Crippen LogP contribution >= 0.6 is 0 Å². The van der Waals surface area contributed by atoms with Crippen LogP contribution in [-0.2, 0) is 29.2 Å². The number of carbonyl (C=O) groups excluding carboxylic acids is 5. The summed E-state index contributed by atoms with van der Waals surface area (Å²) in [4.78, 5) is 73.4. The molecule has 2 saturated carbocycles. The smallest absolute Gasteiger partial charge is 0.343 e. The van der Waals surface area contributed by atoms with Crippen molar-refractivity contribution in [3.63, 3.8) is 0 Å². The van der Waals surface area contributed by atoms with Gasteiger partial charge in [0.25, 0.3) is 0 Å². The summed E-state index contributed by atoms with van der Waals surface area (Å²) in [6.45, 7) is 8.80. The zero-order chi connectivity index (χ0) is 41.9. The number of piperidine rings is 1. The van der Waals surface area contributed by atoms with Gasteiger partial charge in [-0.3, -0.25) is 28.5 Å². The lowest BCUT2D eigenvalue weighted by molar-refractivity contribution is -0.186. The largest absolute Gasteiger partial charge is 0.391 e. The van der Waals surface area contributed by atoms with Crippen LogP contribution in [0.15, 0.2) is 61.2 Å². The fourth-order valence-electron chi connectivity index (χ4n) is 8.90. The van der Waals surface area contributed by atoms with E-state index in [1.165, 1.54) is 15.9 Å². The Hall–Kier alpha value is -4.73. The molecule has 2 N–H and O–H groups in total. The van der Waals surface area contributed by atoms with Gasteiger partial charge in [-0.25, -0.2) is 13.2 Å². The highest BCUT2D eigenvalue weighted by atomic mass is 32.2. The van der Waals surface area contributed by atoms with Gasteiger partial charge in [-0.1, -0.05) is 63.2 Å². The quantitative estimate of drug-likeness (QED) is 0.227. The van der Waals surface area contributed by atoms with E-state index in [1.54, 1.807) is 25.3 Å². The second-order valence-electron chi connectivity index (χ2n) is 17.6. The molecule has 4 amide bonds. The molecule has 2 aliphatic carbocycles. The molecule has 2 saturated heterocycles. The predicted molar refractivity (Wildman–Crippen MR) is 211 cm³/mol. The van der Waals surface area contributed by atoms with Crippen molar-refractivity contribution in [3.8, 4) is 0 Å². The number of Topliss-reactive ketones (excluding diaryl/α,β-unsaturated/α-hetero) is 1. The van der Waals surface area contributed by atoms with Gasteiger partial charge in [0.05, 0.1) is 45.6 Å². The van der Waals surface area contributed by atoms with E-state index in [9.17, 15) is 45.6 Å². The molecule has 0 unspecified atom stereocenters. The third-order valence-electron chi connectivity index (χ3n) is 12.7. The number of nitrogens with zero attached hydrogens (tertiary/aromatic N) is 3. The molecule has 0 radical (unpaired) electrons. The lowest BCUT2D eigenvalue weighted by Crippen LogP contribution is -2.50. The van der Waals surface area contributed by atoms with Gasteiger partial charge in [-0.2, -0.15) is 13.2 Å². The van der Waals surface area contributed by atoms with Crippen LogP contribution in [0.4, 0.5) is 18.0 Å². The number of likely N-dealkylation sites (tertiary alicyclic amines) is 2. The van der Waals surface area contributed by atoms with Crippen LogP contribution in [0.1, 0.15) is 72.1 Å². The summed E-state index contributed by atoms with van der Waals surface area (Å²) in [5, 5.41) is 4.08. The molecule has 7 rings (SSSR count). The number of carbonyl (C=O) groups is 5. The van der Waals surface area contributed by atoms with E-state index in [-0.39, 0.29) is 58.2 Å². The Morgan fingerprint density at radius 3 is 2.03 bits per heavy atom. The topological polar surface area (TPSA) is 155 Å². The second-order valence-corrected chi connectivity index (χ2v) is 19.6. The highest BCUT2D eigenvalue weighted by molar-refractivity contribution is 7.90. The van der Waals surface area contributed by atoms with E-state index in [0.29, 0.717) is 23.9 Å². The van der Waals surface area contributed by atoms with Gasteiger partial charge >= 0.3 is 12.2 Å². The van der Waals surface area contributed by atoms with E-state index in [0.717, 1.165) is 10.8 Å². The summed E-state index contributed by atoms with van der Waals surface area (Å²) >= 11 is 0. The molecule has 4 fully saturated rings. The van der Waals surface area contributed by atoms with Crippen LogP contribution in [0.25, 0.3) is 21.8 Å². The molecule has 3 heterocycles. The average Bonchev–Trinajstić information content (AvgIpc) is 4.08. The number of sulfonamides is 1. The maximum absolute atomic E-state index is 14.8. The van der Waals surface area contributed by atoms with Crippen molar-refractivity contribution in [2.45, 2.75) is 95.6 Å². The van der Waals surface area contributed by atoms with Crippen LogP contribution in [0.2, 0.25) is 0 Å². The number of hydrogen-bond acceptors (Lipinski definition) is 7. The molecular formula is C42H50F3N5O7S. The van der Waals surface area contributed by atoms with Gasteiger partial charge in [0.15, 0.2) is 5.78 Å². The summed E-state index contributed by atoms with van der Waals surface area (Å²) in [5.41, 5.74) is -0.911. The van der Waals surface area contributed by atoms with Crippen LogP contribution in [0.3, 0.4) is 0 Å². The zero-order valence-corrected chi connectivity index (χ0v) is 33.7. The van der Waals surface area contributed by atoms with Crippen molar-refractivity contribution in [2.75, 3.05) is 19.6 Å². The molecule has 5 atom stereocenters. The lowest BCUT2D eigenvalue weighted by atomic mass is 9.77. The van der Waals surface area contributed by atoms with Crippen molar-refractivity contribution in [1.82, 2.24) is 24.4 Å². The van der Waals surface area contributed by atoms with E-state index in [4.69, 9.17) is 0 Å². The van der Waals surface area contributed by atoms with E-state index >= 15 is 0 Å². The first kappa shape index (κ1) is 41.4. The summed E-state index contributed by atoms with van der Waals surface area (Å²) in [6.07, 6.45) is -2.96. The van der Waals surface area contributed by atoms with Crippen LogP contribution in [0, 0.1) is 28.6 Å². The number of allylic oxidation sites excluding steroid dienone is 1. The van der Waals surface area contributed by atoms with Crippen molar-refractivity contribution in [1.29, 1.82) is 0 Å². The summed E-state index contributed by atoms with van der Waals surface area (Å²) in [6, 6.07) is 12.5. The maximum Gasteiger partial charge on any atom is 0.391 e. The Balaban J connectivity index is 1.16. The molecule has 0 bridgehead atoms. The molecule has 2 aromatic carbocycles. The van der Waals surface area contributed by atoms with Crippen molar-refractivity contribution in [3.05, 3.63) is 61.2 Å². The highest BCUT2D eigenvalue weighted by Gasteiger charge is 2.61. The van der Waals surface area contributed by atoms with Crippen molar-refractivity contribution < 1.29 is 45.6 Å². The number of benzene rings is 2. The normalized spacial score (nSPS) is 24.8. The molecule has 0 spiro atoms. The standard InChI is InChI=1S/C42H50F3N5O7S/c1-5-25-22-41(25,38(54)47-58(56,57)28-14-15-28)23-35(51)34-20-27(46-39(55)50-32-12-8-6-10-29(32)30-11-7-9-13-33(30)50)24-49(34)37(53)31(40(2,3)4)21-36(52)48-18-16-26(17-19-48)42(43,44)45/h5-13,25-28,31,34H,1,14-24H2,2-4H3,(H,46,55)(H,47,54)/t25-,27-,31-,34+,41-/m1/s1. The number of halogens is 3. The monoisotopic (exact) mass is 825 g/mol. The molecule has 12 nitrogen and oxygen atoms in total. The van der Waals surface area contributed by atoms with E-state index in [1.807, 2.05) is 48.5 Å². The molecule has 312 valence electrons. The fraction of sp³-hybridized carbons (Fsp3) is 0.548. The highest BCUT2D eigenvalue weighted by Crippen LogP contribution is 2.57. The van der Waals surface area contributed by atoms with Crippen LogP contribution < -0.4 is 10.0 Å². The van der Waals surface area contributed by atoms with Crippen LogP contribution in [-0.4, -0.2) is 95.5 Å². The van der Waals surface area contributed by atoms with E-state index in [2.05, 4.69) is 16.6 Å². The van der Waals surface area contributed by atoms with Gasteiger partial charge in [-0.15, -0.1) is 6.58 Å². The Labute approximate surface area is 335 Å². The molecule has 16 heteroatoms. The number of aromatic nitrogens is 1. The Kier molecular flexibility index (Phi) is 10.8. The first-order chi connectivity index (χ1) is 27.2. The third kappa shape index (κ3) is 8.00. The average molecular weight is 826 g/mol. The Morgan fingerprint density at radius 1 is 0.931 bits per heavy atom. The van der Waals surface area contributed by atoms with E-state index < -0.39 is 91.7 Å². The predicted octanol–water partition coefficient (Wildman–Crippen LogP) is 5.93. The minimum atomic E-state index is -4.36. The van der Waals surface area contributed by atoms with Gasteiger partial charge in [0, 0.05) is 43.2 Å². The lowest BCUT2D eigenvalue weighted by Gasteiger charge is -2.37. The summed E-state index contributed by atoms with van der Waals surface area (Å²) in [5.74, 6) is -5.28. The zero-order valence-electron chi connectivity index (χ0n) is 32.9. The molecule has 1 aromatic heterocycles. The molecule has 3 aromatic rings. The fourth-order valence-corrected chi connectivity index (χ4v) is 10.3. The molecule has 4 aliphatic rings. The summed E-state index contributed by atoms with van der Waals surface area (Å²) < 4.78 is 69.4. The number of ketones is 1. The number of amides is 4. The van der Waals surface area contributed by atoms with Gasteiger partial charge < -0.3 is 15.1 Å². The first-order valence-electron chi connectivity index (χ1n) is 19.9. The Morgan fingerprint density at radius 2 is 1.52 bits per heavy atom. The number of rotatable bonds is 11. The van der Waals surface area contributed by atoms with Gasteiger partial charge in [0.2, 0.25) is 27.7 Å². The molecule has 2 aliphatic heterocycles. The number of nitrogens with one attached hydrogen (secondary N) is 2. The van der Waals surface area contributed by atoms with Crippen LogP contribution in [0.5, 0.6) is 0 Å². The number of fused-ring (bicyclic) bond motifs is 3. The first-order valence-corrected chi connectivity index (χ1v) is 21.4. The van der Waals surface area contributed by atoms with Crippen molar-refractivity contribution >= 4 is 61.4 Å². The third-order valence-corrected chi connectivity index (χ3v) is 14.5. The second kappa shape index (κ2) is 15.1. The Bertz CT molecular complexity index is 2220. The number of hydrogen-bond donors (Lipinski definition) is 2. The molecule has 58 heavy (non-hydrogen) atoms. The molecular weight excluding hydrogens is 776 g/mol. The number of alkyl halides is 3. The van der Waals surface area contributed by atoms with Gasteiger partial charge in [0.1, 0.15) is 0 Å². The number of para-hydroxylation sites is 2.